The lowest BCUT2D eigenvalue weighted by Gasteiger charge is -2.19. The van der Waals surface area contributed by atoms with Crippen LogP contribution >= 0.6 is 0 Å². The van der Waals surface area contributed by atoms with Crippen LogP contribution in [0, 0.1) is 13.8 Å². The third-order valence-electron chi connectivity index (χ3n) is 10.4. The molecule has 0 saturated heterocycles. The Kier molecular flexibility index (Phi) is 14.8. The topological polar surface area (TPSA) is 93.9 Å². The van der Waals surface area contributed by atoms with Crippen molar-refractivity contribution in [2.24, 2.45) is 0 Å². The van der Waals surface area contributed by atoms with E-state index in [-0.39, 0.29) is 5.56 Å². The number of aryl methyl sites for hydroxylation is 2. The second-order valence-electron chi connectivity index (χ2n) is 15.3. The third kappa shape index (κ3) is 11.5. The molecule has 0 fully saturated rings. The summed E-state index contributed by atoms with van der Waals surface area (Å²) in [6.07, 6.45) is 0. The van der Waals surface area contributed by atoms with Gasteiger partial charge in [-0.25, -0.2) is 4.79 Å². The Balaban J connectivity index is 0.000000161. The quantitative estimate of drug-likeness (QED) is 0.102. The molecule has 0 spiro atoms. The number of anilines is 7. The van der Waals surface area contributed by atoms with E-state index in [9.17, 15) is 9.90 Å². The van der Waals surface area contributed by atoms with Crippen LogP contribution in [0.3, 0.4) is 0 Å². The predicted octanol–water partition coefficient (Wildman–Crippen LogP) is 13.6. The van der Waals surface area contributed by atoms with Crippen LogP contribution in [0.5, 0.6) is 0 Å². The molecule has 5 N–H and O–H groups in total. The molecule has 62 heavy (non-hydrogen) atoms. The van der Waals surface area contributed by atoms with Crippen molar-refractivity contribution < 1.29 is 9.90 Å². The summed E-state index contributed by atoms with van der Waals surface area (Å²) in [4.78, 5) is 15.7. The van der Waals surface area contributed by atoms with Gasteiger partial charge in [-0.1, -0.05) is 146 Å². The number of nitrogens with zero attached hydrogens (tertiary/aromatic N) is 2. The lowest BCUT2D eigenvalue weighted by molar-refractivity contribution is 0.0698. The standard InChI is InChI=1S/C21H20N2O2.C21H22N2.C13H13N/c1-23(2)20-11-7-6-10-18(20)22-19-14-16(12-13-17(19)21(24)25)15-8-4-3-5-9-15;1-16-13-14-18(17-9-5-4-6-10-17)15-20(16)22-19-11-7-8-12-21(19)23(2)3;1-10-7-8-12(9-13(10)14)11-5-3-2-4-6-11/h3-14,22H,1-2H3,(H,24,25);4-15,22H,1-3H3;2-9H,14H2,1H3. The SMILES string of the molecule is CN(C)c1ccccc1Nc1cc(-c2ccccc2)ccc1C(=O)O.Cc1ccc(-c2ccccc2)cc1N.Cc1ccc(-c2ccccc2)cc1Nc1ccccc1N(C)C. The molecule has 0 heterocycles. The lowest BCUT2D eigenvalue weighted by Crippen LogP contribution is -2.11. The average molecular weight is 818 g/mol. The number of nitrogens with one attached hydrogen (secondary N) is 2. The van der Waals surface area contributed by atoms with Crippen molar-refractivity contribution in [1.29, 1.82) is 0 Å². The van der Waals surface area contributed by atoms with Crippen molar-refractivity contribution in [3.8, 4) is 33.4 Å². The first-order valence-electron chi connectivity index (χ1n) is 20.6. The zero-order chi connectivity index (χ0) is 44.0. The number of benzene rings is 8. The highest BCUT2D eigenvalue weighted by atomic mass is 16.4. The van der Waals surface area contributed by atoms with Crippen molar-refractivity contribution in [2.45, 2.75) is 13.8 Å². The largest absolute Gasteiger partial charge is 0.478 e. The highest BCUT2D eigenvalue weighted by Crippen LogP contribution is 2.34. The van der Waals surface area contributed by atoms with Crippen molar-refractivity contribution in [1.82, 2.24) is 0 Å². The molecule has 0 aliphatic carbocycles. The van der Waals surface area contributed by atoms with Crippen molar-refractivity contribution >= 4 is 45.8 Å². The normalized spacial score (nSPS) is 10.3. The monoisotopic (exact) mass is 817 g/mol. The first-order valence-corrected chi connectivity index (χ1v) is 20.6. The van der Waals surface area contributed by atoms with Crippen LogP contribution in [0.25, 0.3) is 33.4 Å². The Hall–Kier alpha value is -7.77. The van der Waals surface area contributed by atoms with Crippen molar-refractivity contribution in [2.75, 3.05) is 54.4 Å². The Labute approximate surface area is 366 Å². The van der Waals surface area contributed by atoms with Gasteiger partial charge in [-0.2, -0.15) is 0 Å². The van der Waals surface area contributed by atoms with E-state index in [0.717, 1.165) is 45.1 Å². The van der Waals surface area contributed by atoms with Gasteiger partial charge in [0.25, 0.3) is 0 Å². The fourth-order valence-electron chi connectivity index (χ4n) is 6.89. The highest BCUT2D eigenvalue weighted by molar-refractivity contribution is 5.97. The minimum atomic E-state index is -0.954. The molecule has 7 nitrogen and oxygen atoms in total. The lowest BCUT2D eigenvalue weighted by atomic mass is 10.0. The Morgan fingerprint density at radius 1 is 0.419 bits per heavy atom. The molecule has 0 bridgehead atoms. The van der Waals surface area contributed by atoms with Crippen LogP contribution in [-0.4, -0.2) is 39.3 Å². The predicted molar refractivity (Wildman–Crippen MR) is 265 cm³/mol. The van der Waals surface area contributed by atoms with Crippen LogP contribution in [0.2, 0.25) is 0 Å². The fourth-order valence-corrected chi connectivity index (χ4v) is 6.89. The number of rotatable bonds is 10. The molecule has 0 unspecified atom stereocenters. The number of hydrogen-bond acceptors (Lipinski definition) is 6. The number of carboxylic acid groups (broad SMARTS) is 1. The van der Waals surface area contributed by atoms with Gasteiger partial charge in [-0.05, 0) is 107 Å². The van der Waals surface area contributed by atoms with Crippen molar-refractivity contribution in [3.63, 3.8) is 0 Å². The smallest absolute Gasteiger partial charge is 0.337 e. The molecular weight excluding hydrogens is 763 g/mol. The molecule has 0 amide bonds. The number of nitrogens with two attached hydrogens (primary N) is 1. The van der Waals surface area contributed by atoms with E-state index in [1.165, 1.54) is 33.5 Å². The van der Waals surface area contributed by atoms with E-state index in [0.29, 0.717) is 5.69 Å². The molecule has 0 aliphatic rings. The summed E-state index contributed by atoms with van der Waals surface area (Å²) in [5.74, 6) is -0.954. The summed E-state index contributed by atoms with van der Waals surface area (Å²) in [5.41, 5.74) is 22.0. The number of carbonyl (C=O) groups is 1. The molecular formula is C55H55N5O2. The van der Waals surface area contributed by atoms with Gasteiger partial charge < -0.3 is 31.3 Å². The number of aromatic carboxylic acids is 1. The van der Waals surface area contributed by atoms with Gasteiger partial charge in [0.05, 0.1) is 34.0 Å². The van der Waals surface area contributed by atoms with E-state index in [2.05, 4.69) is 128 Å². The van der Waals surface area contributed by atoms with Crippen LogP contribution in [0.15, 0.2) is 194 Å². The van der Waals surface area contributed by atoms with Crippen LogP contribution in [0.4, 0.5) is 39.8 Å². The molecule has 312 valence electrons. The fraction of sp³-hybridized carbons (Fsp3) is 0.109. The zero-order valence-corrected chi connectivity index (χ0v) is 36.3. The summed E-state index contributed by atoms with van der Waals surface area (Å²) >= 11 is 0. The third-order valence-corrected chi connectivity index (χ3v) is 10.4. The minimum absolute atomic E-state index is 0.244. The Bertz CT molecular complexity index is 2700. The average Bonchev–Trinajstić information content (AvgIpc) is 3.29. The first-order chi connectivity index (χ1) is 30.0. The molecule has 0 saturated carbocycles. The summed E-state index contributed by atoms with van der Waals surface area (Å²) < 4.78 is 0. The molecule has 8 rings (SSSR count). The Morgan fingerprint density at radius 2 is 0.790 bits per heavy atom. The molecule has 7 heteroatoms. The van der Waals surface area contributed by atoms with E-state index < -0.39 is 5.97 Å². The van der Waals surface area contributed by atoms with E-state index >= 15 is 0 Å². The van der Waals surface area contributed by atoms with Gasteiger partial charge in [0.2, 0.25) is 0 Å². The molecule has 0 aromatic heterocycles. The van der Waals surface area contributed by atoms with Crippen LogP contribution in [-0.2, 0) is 0 Å². The summed E-state index contributed by atoms with van der Waals surface area (Å²) in [7, 11) is 8.04. The number of hydrogen-bond donors (Lipinski definition) is 4. The van der Waals surface area contributed by atoms with E-state index in [1.807, 2.05) is 123 Å². The minimum Gasteiger partial charge on any atom is -0.478 e. The van der Waals surface area contributed by atoms with Crippen molar-refractivity contribution in [3.05, 3.63) is 211 Å². The molecule has 0 atom stereocenters. The van der Waals surface area contributed by atoms with E-state index in [1.54, 1.807) is 6.07 Å². The summed E-state index contributed by atoms with van der Waals surface area (Å²) in [5, 5.41) is 16.4. The summed E-state index contributed by atoms with van der Waals surface area (Å²) in [6, 6.07) is 64.9. The van der Waals surface area contributed by atoms with Gasteiger partial charge in [-0.15, -0.1) is 0 Å². The van der Waals surface area contributed by atoms with Gasteiger partial charge in [0.15, 0.2) is 0 Å². The van der Waals surface area contributed by atoms with Gasteiger partial charge >= 0.3 is 5.97 Å². The number of carboxylic acids is 1. The highest BCUT2D eigenvalue weighted by Gasteiger charge is 2.14. The zero-order valence-electron chi connectivity index (χ0n) is 36.3. The maximum Gasteiger partial charge on any atom is 0.337 e. The number of para-hydroxylation sites is 4. The molecule has 8 aromatic rings. The molecule has 8 aromatic carbocycles. The molecule has 0 aliphatic heterocycles. The second-order valence-corrected chi connectivity index (χ2v) is 15.3. The Morgan fingerprint density at radius 3 is 1.23 bits per heavy atom. The molecule has 0 radical (unpaired) electrons. The second kappa shape index (κ2) is 21.0. The first kappa shape index (κ1) is 43.8. The van der Waals surface area contributed by atoms with Crippen LogP contribution < -0.4 is 26.2 Å². The maximum absolute atomic E-state index is 11.6. The number of nitrogen functional groups attached to an aromatic ring is 1. The maximum atomic E-state index is 11.6. The van der Waals surface area contributed by atoms with Gasteiger partial charge in [-0.3, -0.25) is 0 Å². The van der Waals surface area contributed by atoms with E-state index in [4.69, 9.17) is 5.73 Å². The van der Waals surface area contributed by atoms with Gasteiger partial charge in [0, 0.05) is 39.6 Å². The summed E-state index contributed by atoms with van der Waals surface area (Å²) in [6.45, 7) is 4.15. The van der Waals surface area contributed by atoms with Gasteiger partial charge in [0.1, 0.15) is 0 Å². The van der Waals surface area contributed by atoms with Crippen LogP contribution in [0.1, 0.15) is 21.5 Å².